The third-order valence-corrected chi connectivity index (χ3v) is 4.80. The van der Waals surface area contributed by atoms with Gasteiger partial charge in [-0.2, -0.15) is 0 Å². The van der Waals surface area contributed by atoms with Crippen LogP contribution < -0.4 is 0 Å². The largest absolute Gasteiger partial charge is 0.444 e. The second kappa shape index (κ2) is 6.93. The predicted octanol–water partition coefficient (Wildman–Crippen LogP) is 2.21. The Bertz CT molecular complexity index is 665. The van der Waals surface area contributed by atoms with Crippen LogP contribution in [-0.2, 0) is 16.1 Å². The molecule has 2 amide bonds. The fourth-order valence-corrected chi connectivity index (χ4v) is 3.01. The van der Waals surface area contributed by atoms with Crippen molar-refractivity contribution in [3.05, 3.63) is 10.3 Å². The zero-order valence-electron chi connectivity index (χ0n) is 15.7. The molecule has 0 saturated carbocycles. The minimum Gasteiger partial charge on any atom is -0.444 e. The monoisotopic (exact) mass is 415 g/mol. The zero-order valence-corrected chi connectivity index (χ0v) is 17.3. The molecule has 0 spiro atoms. The molecule has 0 N–H and O–H groups in total. The molecule has 1 saturated heterocycles. The Morgan fingerprint density at radius 1 is 1.24 bits per heavy atom. The van der Waals surface area contributed by atoms with Gasteiger partial charge in [0.1, 0.15) is 12.1 Å². The second-order valence-electron chi connectivity index (χ2n) is 7.88. The molecule has 1 aromatic heterocycles. The van der Waals surface area contributed by atoms with E-state index in [1.807, 2.05) is 41.5 Å². The Hall–Kier alpha value is -1.64. The first-order chi connectivity index (χ1) is 11.4. The number of hydrogen-bond acceptors (Lipinski definition) is 5. The Balaban J connectivity index is 2.03. The van der Waals surface area contributed by atoms with Gasteiger partial charge < -0.3 is 9.64 Å². The number of carbonyl (C=O) groups excluding carboxylic acids is 2. The van der Waals surface area contributed by atoms with E-state index in [4.69, 9.17) is 4.74 Å². The molecule has 0 unspecified atom stereocenters. The van der Waals surface area contributed by atoms with Crippen molar-refractivity contribution in [2.24, 2.45) is 0 Å². The van der Waals surface area contributed by atoms with Crippen molar-refractivity contribution in [1.29, 1.82) is 0 Å². The van der Waals surface area contributed by atoms with Crippen LogP contribution in [0.5, 0.6) is 0 Å². The number of piperazine rings is 1. The summed E-state index contributed by atoms with van der Waals surface area (Å²) in [5.41, 5.74) is -0.114. The third kappa shape index (κ3) is 4.71. The summed E-state index contributed by atoms with van der Waals surface area (Å²) in [4.78, 5) is 28.0. The first-order valence-electron chi connectivity index (χ1n) is 8.25. The maximum Gasteiger partial charge on any atom is 0.410 e. The molecule has 8 nitrogen and oxygen atoms in total. The molecule has 2 heterocycles. The van der Waals surface area contributed by atoms with E-state index in [0.717, 1.165) is 5.69 Å². The summed E-state index contributed by atoms with van der Waals surface area (Å²) in [6.45, 7) is 12.8. The Morgan fingerprint density at radius 2 is 1.88 bits per heavy atom. The molecular formula is C16H26BrN5O3. The van der Waals surface area contributed by atoms with Crippen LogP contribution >= 0.6 is 15.9 Å². The molecule has 1 fully saturated rings. The van der Waals surface area contributed by atoms with E-state index in [1.54, 1.807) is 9.58 Å². The molecule has 1 aromatic rings. The van der Waals surface area contributed by atoms with Crippen LogP contribution in [0.15, 0.2) is 4.60 Å². The summed E-state index contributed by atoms with van der Waals surface area (Å²) in [5.74, 6) is -0.0982. The van der Waals surface area contributed by atoms with Crippen molar-refractivity contribution in [2.45, 2.75) is 59.2 Å². The fourth-order valence-electron chi connectivity index (χ4n) is 2.74. The van der Waals surface area contributed by atoms with Gasteiger partial charge in [0, 0.05) is 13.1 Å². The molecule has 2 rings (SSSR count). The maximum atomic E-state index is 12.6. The Morgan fingerprint density at radius 3 is 2.36 bits per heavy atom. The Kier molecular flexibility index (Phi) is 5.46. The lowest BCUT2D eigenvalue weighted by Gasteiger charge is -2.43. The van der Waals surface area contributed by atoms with E-state index in [1.165, 1.54) is 4.90 Å². The average Bonchev–Trinajstić information content (AvgIpc) is 2.76. The predicted molar refractivity (Wildman–Crippen MR) is 96.1 cm³/mol. The van der Waals surface area contributed by atoms with Gasteiger partial charge in [0.25, 0.3) is 0 Å². The lowest BCUT2D eigenvalue weighted by atomic mass is 10.0. The summed E-state index contributed by atoms with van der Waals surface area (Å²) < 4.78 is 7.82. The zero-order chi connectivity index (χ0) is 19.0. The highest BCUT2D eigenvalue weighted by atomic mass is 79.9. The van der Waals surface area contributed by atoms with Crippen LogP contribution in [0, 0.1) is 6.92 Å². The summed E-state index contributed by atoms with van der Waals surface area (Å²) in [5, 5.41) is 8.09. The van der Waals surface area contributed by atoms with Crippen LogP contribution in [-0.4, -0.2) is 67.6 Å². The van der Waals surface area contributed by atoms with Gasteiger partial charge in [0.2, 0.25) is 5.91 Å². The molecule has 9 heteroatoms. The molecule has 0 bridgehead atoms. The summed E-state index contributed by atoms with van der Waals surface area (Å²) in [7, 11) is 0. The maximum absolute atomic E-state index is 12.6. The highest BCUT2D eigenvalue weighted by Gasteiger charge is 2.38. The lowest BCUT2D eigenvalue weighted by molar-refractivity contribution is -0.142. The van der Waals surface area contributed by atoms with E-state index >= 15 is 0 Å². The molecule has 25 heavy (non-hydrogen) atoms. The summed E-state index contributed by atoms with van der Waals surface area (Å²) in [6.07, 6.45) is -0.450. The number of aromatic nitrogens is 3. The van der Waals surface area contributed by atoms with Gasteiger partial charge >= 0.3 is 6.09 Å². The summed E-state index contributed by atoms with van der Waals surface area (Å²) >= 11 is 3.35. The van der Waals surface area contributed by atoms with Gasteiger partial charge in [0.05, 0.1) is 17.8 Å². The number of ether oxygens (including phenoxy) is 1. The van der Waals surface area contributed by atoms with E-state index < -0.39 is 17.2 Å². The van der Waals surface area contributed by atoms with Crippen molar-refractivity contribution >= 4 is 27.9 Å². The quantitative estimate of drug-likeness (QED) is 0.755. The van der Waals surface area contributed by atoms with E-state index in [2.05, 4.69) is 26.2 Å². The standard InChI is InChI=1S/C16H26BrN5O3/c1-11-13(17)18-19-22(11)10-16(5,6)21-8-7-20(9-12(21)23)14(24)25-15(2,3)4/h7-10H2,1-6H3. The fraction of sp³-hybridized carbons (Fsp3) is 0.750. The second-order valence-corrected chi connectivity index (χ2v) is 8.63. The Labute approximate surface area is 156 Å². The van der Waals surface area contributed by atoms with Gasteiger partial charge in [-0.3, -0.25) is 9.69 Å². The minimum absolute atomic E-state index is 0.0262. The molecule has 1 aliphatic rings. The summed E-state index contributed by atoms with van der Waals surface area (Å²) in [6, 6.07) is 0. The van der Waals surface area contributed by atoms with Gasteiger partial charge in [0.15, 0.2) is 4.60 Å². The van der Waals surface area contributed by atoms with Crippen LogP contribution in [0.2, 0.25) is 0 Å². The number of nitrogens with zero attached hydrogens (tertiary/aromatic N) is 5. The van der Waals surface area contributed by atoms with Crippen molar-refractivity contribution in [2.75, 3.05) is 19.6 Å². The van der Waals surface area contributed by atoms with Crippen LogP contribution in [0.4, 0.5) is 4.79 Å². The van der Waals surface area contributed by atoms with E-state index in [0.29, 0.717) is 24.2 Å². The van der Waals surface area contributed by atoms with Crippen molar-refractivity contribution in [3.63, 3.8) is 0 Å². The minimum atomic E-state index is -0.575. The molecular weight excluding hydrogens is 390 g/mol. The first kappa shape index (κ1) is 19.7. The lowest BCUT2D eigenvalue weighted by Crippen LogP contribution is -2.60. The molecule has 0 aromatic carbocycles. The van der Waals surface area contributed by atoms with Gasteiger partial charge in [-0.1, -0.05) is 5.21 Å². The number of rotatable bonds is 3. The van der Waals surface area contributed by atoms with Gasteiger partial charge in [-0.15, -0.1) is 5.10 Å². The first-order valence-corrected chi connectivity index (χ1v) is 9.04. The van der Waals surface area contributed by atoms with E-state index in [-0.39, 0.29) is 12.5 Å². The number of amides is 2. The van der Waals surface area contributed by atoms with Crippen molar-refractivity contribution < 1.29 is 14.3 Å². The molecule has 0 aliphatic carbocycles. The van der Waals surface area contributed by atoms with Gasteiger partial charge in [-0.25, -0.2) is 9.48 Å². The van der Waals surface area contributed by atoms with Crippen LogP contribution in [0.1, 0.15) is 40.3 Å². The molecule has 140 valence electrons. The van der Waals surface area contributed by atoms with Crippen LogP contribution in [0.25, 0.3) is 0 Å². The SMILES string of the molecule is Cc1c(Br)nnn1CC(C)(C)N1CCN(C(=O)OC(C)(C)C)CC1=O. The topological polar surface area (TPSA) is 80.6 Å². The average molecular weight is 416 g/mol. The highest BCUT2D eigenvalue weighted by Crippen LogP contribution is 2.23. The molecule has 1 aliphatic heterocycles. The molecule has 0 atom stereocenters. The normalized spacial score (nSPS) is 16.4. The van der Waals surface area contributed by atoms with E-state index in [9.17, 15) is 9.59 Å². The number of halogens is 1. The smallest absolute Gasteiger partial charge is 0.410 e. The third-order valence-electron chi connectivity index (χ3n) is 4.07. The van der Waals surface area contributed by atoms with Gasteiger partial charge in [-0.05, 0) is 57.5 Å². The van der Waals surface area contributed by atoms with Crippen molar-refractivity contribution in [3.8, 4) is 0 Å². The highest BCUT2D eigenvalue weighted by molar-refractivity contribution is 9.10. The van der Waals surface area contributed by atoms with Crippen molar-refractivity contribution in [1.82, 2.24) is 24.8 Å². The van der Waals surface area contributed by atoms with Crippen LogP contribution in [0.3, 0.4) is 0 Å². The molecule has 0 radical (unpaired) electrons. The number of hydrogen-bond donors (Lipinski definition) is 0. The number of carbonyl (C=O) groups is 2.